The van der Waals surface area contributed by atoms with Crippen LogP contribution in [0.25, 0.3) is 0 Å². The van der Waals surface area contributed by atoms with Crippen molar-refractivity contribution in [3.05, 3.63) is 0 Å². The summed E-state index contributed by atoms with van der Waals surface area (Å²) in [5.41, 5.74) is -0.395. The molecule has 1 N–H and O–H groups in total. The molecule has 16 heavy (non-hydrogen) atoms. The summed E-state index contributed by atoms with van der Waals surface area (Å²) in [7, 11) is 0. The number of amides is 1. The van der Waals surface area contributed by atoms with Crippen molar-refractivity contribution in [3.8, 4) is 12.3 Å². The zero-order valence-corrected chi connectivity index (χ0v) is 9.69. The van der Waals surface area contributed by atoms with E-state index < -0.39 is 17.4 Å². The molecule has 0 spiro atoms. The molecule has 0 aromatic heterocycles. The van der Waals surface area contributed by atoms with E-state index in [1.807, 2.05) is 13.8 Å². The quantitative estimate of drug-likeness (QED) is 0.713. The molecule has 1 fully saturated rings. The molecule has 0 aromatic carbocycles. The van der Waals surface area contributed by atoms with Gasteiger partial charge in [-0.15, -0.1) is 6.42 Å². The summed E-state index contributed by atoms with van der Waals surface area (Å²) in [6.07, 6.45) is 6.69. The van der Waals surface area contributed by atoms with E-state index in [4.69, 9.17) is 6.42 Å². The lowest BCUT2D eigenvalue weighted by molar-refractivity contribution is -0.158. The van der Waals surface area contributed by atoms with E-state index in [1.54, 1.807) is 0 Å². The number of nitrogens with zero attached hydrogens (tertiary/aromatic N) is 1. The van der Waals surface area contributed by atoms with Crippen molar-refractivity contribution in [1.29, 1.82) is 0 Å². The van der Waals surface area contributed by atoms with Crippen LogP contribution in [-0.4, -0.2) is 34.5 Å². The molecule has 1 saturated heterocycles. The Labute approximate surface area is 95.6 Å². The Morgan fingerprint density at radius 1 is 1.56 bits per heavy atom. The van der Waals surface area contributed by atoms with Crippen LogP contribution in [0.2, 0.25) is 0 Å². The topological polar surface area (TPSA) is 57.6 Å². The van der Waals surface area contributed by atoms with Gasteiger partial charge in [0.05, 0.1) is 6.42 Å². The van der Waals surface area contributed by atoms with Crippen LogP contribution in [-0.2, 0) is 9.59 Å². The monoisotopic (exact) mass is 223 g/mol. The Hall–Kier alpha value is -1.50. The average Bonchev–Trinajstić information content (AvgIpc) is 2.15. The van der Waals surface area contributed by atoms with Crippen molar-refractivity contribution >= 4 is 11.9 Å². The van der Waals surface area contributed by atoms with Crippen molar-refractivity contribution in [2.24, 2.45) is 5.41 Å². The summed E-state index contributed by atoms with van der Waals surface area (Å²) in [6.45, 7) is 4.24. The summed E-state index contributed by atoms with van der Waals surface area (Å²) in [5.74, 6) is 1.06. The molecule has 1 aliphatic rings. The largest absolute Gasteiger partial charge is 0.480 e. The first-order valence-electron chi connectivity index (χ1n) is 5.36. The summed E-state index contributed by atoms with van der Waals surface area (Å²) < 4.78 is 0. The number of carbonyl (C=O) groups excluding carboxylic acids is 1. The lowest BCUT2D eigenvalue weighted by Crippen LogP contribution is -2.56. The van der Waals surface area contributed by atoms with Crippen LogP contribution in [0.15, 0.2) is 0 Å². The van der Waals surface area contributed by atoms with E-state index in [0.29, 0.717) is 6.54 Å². The maximum absolute atomic E-state index is 11.7. The summed E-state index contributed by atoms with van der Waals surface area (Å²) in [5, 5.41) is 9.22. The number of carboxylic acid groups (broad SMARTS) is 1. The predicted octanol–water partition coefficient (Wildman–Crippen LogP) is 1.11. The van der Waals surface area contributed by atoms with E-state index >= 15 is 0 Å². The average molecular weight is 223 g/mol. The van der Waals surface area contributed by atoms with Gasteiger partial charge in [-0.1, -0.05) is 19.8 Å². The predicted molar refractivity (Wildman–Crippen MR) is 59.6 cm³/mol. The third-order valence-corrected chi connectivity index (χ3v) is 3.08. The van der Waals surface area contributed by atoms with Gasteiger partial charge < -0.3 is 10.0 Å². The molecular formula is C12H17NO3. The standard InChI is InChI=1S/C12H17NO3/c1-4-6-9(14)13-8-5-7-12(2,3)10(13)11(15)16/h1,10H,5-8H2,2-3H3,(H,15,16). The lowest BCUT2D eigenvalue weighted by atomic mass is 9.76. The highest BCUT2D eigenvalue weighted by molar-refractivity contribution is 5.85. The highest BCUT2D eigenvalue weighted by Crippen LogP contribution is 2.35. The summed E-state index contributed by atoms with van der Waals surface area (Å²) in [4.78, 5) is 24.4. The van der Waals surface area contributed by atoms with Crippen LogP contribution < -0.4 is 0 Å². The van der Waals surface area contributed by atoms with Gasteiger partial charge in [0.2, 0.25) is 5.91 Å². The zero-order chi connectivity index (χ0) is 12.3. The van der Waals surface area contributed by atoms with Crippen molar-refractivity contribution in [2.75, 3.05) is 6.54 Å². The van der Waals surface area contributed by atoms with Crippen LogP contribution in [0.4, 0.5) is 0 Å². The van der Waals surface area contributed by atoms with Crippen LogP contribution >= 0.6 is 0 Å². The fourth-order valence-electron chi connectivity index (χ4n) is 2.32. The van der Waals surface area contributed by atoms with E-state index in [0.717, 1.165) is 12.8 Å². The minimum Gasteiger partial charge on any atom is -0.480 e. The normalized spacial score (nSPS) is 23.6. The maximum Gasteiger partial charge on any atom is 0.326 e. The van der Waals surface area contributed by atoms with Crippen LogP contribution in [0.1, 0.15) is 33.1 Å². The second kappa shape index (κ2) is 4.56. The summed E-state index contributed by atoms with van der Waals surface area (Å²) >= 11 is 0. The minimum atomic E-state index is -0.949. The van der Waals surface area contributed by atoms with E-state index in [9.17, 15) is 14.7 Å². The van der Waals surface area contributed by atoms with Gasteiger partial charge in [0, 0.05) is 6.54 Å². The molecule has 4 heteroatoms. The molecule has 0 aromatic rings. The number of carboxylic acids is 1. The number of piperidine rings is 1. The number of aliphatic carboxylic acids is 1. The molecule has 4 nitrogen and oxygen atoms in total. The Kier molecular flexibility index (Phi) is 3.58. The highest BCUT2D eigenvalue weighted by Gasteiger charge is 2.44. The third-order valence-electron chi connectivity index (χ3n) is 3.08. The maximum atomic E-state index is 11.7. The van der Waals surface area contributed by atoms with Crippen LogP contribution in [0.5, 0.6) is 0 Å². The fourth-order valence-corrected chi connectivity index (χ4v) is 2.32. The highest BCUT2D eigenvalue weighted by atomic mass is 16.4. The second-order valence-electron chi connectivity index (χ2n) is 4.80. The Morgan fingerprint density at radius 3 is 2.69 bits per heavy atom. The van der Waals surface area contributed by atoms with Crippen molar-refractivity contribution in [2.45, 2.75) is 39.2 Å². The van der Waals surface area contributed by atoms with Crippen molar-refractivity contribution in [3.63, 3.8) is 0 Å². The molecule has 1 amide bonds. The molecule has 1 rings (SSSR count). The minimum absolute atomic E-state index is 0.0279. The Morgan fingerprint density at radius 2 is 2.19 bits per heavy atom. The zero-order valence-electron chi connectivity index (χ0n) is 9.69. The van der Waals surface area contributed by atoms with E-state index in [-0.39, 0.29) is 12.3 Å². The van der Waals surface area contributed by atoms with Gasteiger partial charge in [-0.05, 0) is 18.3 Å². The molecule has 1 heterocycles. The smallest absolute Gasteiger partial charge is 0.326 e. The fraction of sp³-hybridized carbons (Fsp3) is 0.667. The Bertz CT molecular complexity index is 341. The van der Waals surface area contributed by atoms with Gasteiger partial charge >= 0.3 is 5.97 Å². The van der Waals surface area contributed by atoms with Crippen LogP contribution in [0, 0.1) is 17.8 Å². The summed E-state index contributed by atoms with van der Waals surface area (Å²) in [6, 6.07) is -0.762. The lowest BCUT2D eigenvalue weighted by Gasteiger charge is -2.43. The molecule has 0 bridgehead atoms. The van der Waals surface area contributed by atoms with Gasteiger partial charge in [-0.25, -0.2) is 4.79 Å². The van der Waals surface area contributed by atoms with Crippen molar-refractivity contribution < 1.29 is 14.7 Å². The number of likely N-dealkylation sites (tertiary alicyclic amines) is 1. The SMILES string of the molecule is C#CCC(=O)N1CCCC(C)(C)C1C(=O)O. The first-order valence-corrected chi connectivity index (χ1v) is 5.36. The second-order valence-corrected chi connectivity index (χ2v) is 4.80. The molecule has 0 aliphatic carbocycles. The number of rotatable bonds is 2. The van der Waals surface area contributed by atoms with Gasteiger partial charge in [0.1, 0.15) is 6.04 Å². The molecule has 0 radical (unpaired) electrons. The molecule has 1 unspecified atom stereocenters. The van der Waals surface area contributed by atoms with Gasteiger partial charge in [-0.3, -0.25) is 4.79 Å². The molecular weight excluding hydrogens is 206 g/mol. The van der Waals surface area contributed by atoms with Gasteiger partial charge in [0.15, 0.2) is 0 Å². The molecule has 0 saturated carbocycles. The van der Waals surface area contributed by atoms with E-state index in [2.05, 4.69) is 5.92 Å². The van der Waals surface area contributed by atoms with Gasteiger partial charge in [0.25, 0.3) is 0 Å². The molecule has 1 atom stereocenters. The van der Waals surface area contributed by atoms with Crippen molar-refractivity contribution in [1.82, 2.24) is 4.90 Å². The number of terminal acetylenes is 1. The third kappa shape index (κ3) is 2.35. The van der Waals surface area contributed by atoms with E-state index in [1.165, 1.54) is 4.90 Å². The molecule has 1 aliphatic heterocycles. The van der Waals surface area contributed by atoms with Gasteiger partial charge in [-0.2, -0.15) is 0 Å². The first kappa shape index (κ1) is 12.6. The molecule has 88 valence electrons. The number of hydrogen-bond donors (Lipinski definition) is 1. The number of hydrogen-bond acceptors (Lipinski definition) is 2. The Balaban J connectivity index is 2.94. The van der Waals surface area contributed by atoms with Crippen LogP contribution in [0.3, 0.4) is 0 Å². The first-order chi connectivity index (χ1) is 7.40. The number of carbonyl (C=O) groups is 2.